The highest BCUT2D eigenvalue weighted by atomic mass is 32.2. The normalized spacial score (nSPS) is 14.8. The fraction of sp³-hybridized carbons (Fsp3) is 0.345. The van der Waals surface area contributed by atoms with E-state index in [9.17, 15) is 15.0 Å². The number of nitrogens with zero attached hydrogens (tertiary/aromatic N) is 1. The third-order valence-electron chi connectivity index (χ3n) is 6.39. The first-order chi connectivity index (χ1) is 18.0. The van der Waals surface area contributed by atoms with E-state index in [2.05, 4.69) is 15.5 Å². The number of likely N-dealkylation sites (tertiary alicyclic amines) is 1. The number of aliphatic hydroxyl groups is 1. The molecule has 0 aromatic heterocycles. The second-order valence-corrected chi connectivity index (χ2v) is 10.2. The van der Waals surface area contributed by atoms with Crippen molar-refractivity contribution in [3.05, 3.63) is 83.4 Å². The van der Waals surface area contributed by atoms with Crippen molar-refractivity contribution in [2.45, 2.75) is 42.7 Å². The molecule has 196 valence electrons. The van der Waals surface area contributed by atoms with Crippen molar-refractivity contribution < 1.29 is 19.7 Å². The highest BCUT2D eigenvalue weighted by molar-refractivity contribution is 7.98. The van der Waals surface area contributed by atoms with Gasteiger partial charge in [0.05, 0.1) is 19.3 Å². The predicted octanol–water partition coefficient (Wildman–Crippen LogP) is 4.90. The van der Waals surface area contributed by atoms with Crippen molar-refractivity contribution in [3.63, 3.8) is 0 Å². The lowest BCUT2D eigenvalue weighted by Gasteiger charge is -2.25. The summed E-state index contributed by atoms with van der Waals surface area (Å²) in [6.45, 7) is 2.79. The lowest BCUT2D eigenvalue weighted by molar-refractivity contribution is -0.117. The number of nitrogens with one attached hydrogen (secondary N) is 2. The Morgan fingerprint density at radius 2 is 1.86 bits per heavy atom. The summed E-state index contributed by atoms with van der Waals surface area (Å²) >= 11 is 1.65. The van der Waals surface area contributed by atoms with Gasteiger partial charge in [0.2, 0.25) is 5.91 Å². The Morgan fingerprint density at radius 1 is 1.05 bits per heavy atom. The first-order valence-electron chi connectivity index (χ1n) is 12.6. The molecule has 1 amide bonds. The Morgan fingerprint density at radius 3 is 2.68 bits per heavy atom. The Hall–Kier alpha value is -3.04. The number of methoxy groups -OCH3 is 1. The molecule has 1 atom stereocenters. The van der Waals surface area contributed by atoms with Gasteiger partial charge in [-0.25, -0.2) is 0 Å². The van der Waals surface area contributed by atoms with Crippen LogP contribution in [0.4, 0.5) is 5.69 Å². The summed E-state index contributed by atoms with van der Waals surface area (Å²) in [5, 5.41) is 26.6. The number of rotatable bonds is 11. The largest absolute Gasteiger partial charge is 0.508 e. The van der Waals surface area contributed by atoms with Crippen LogP contribution in [0.3, 0.4) is 0 Å². The van der Waals surface area contributed by atoms with Crippen molar-refractivity contribution in [2.24, 2.45) is 0 Å². The number of aromatic hydroxyl groups is 1. The first-order valence-corrected chi connectivity index (χ1v) is 13.6. The SMILES string of the molecule is COc1cc(O)ccc1CNC(O)c1cccc(CSc2ccccc2NC(=O)CN2CCCCC2)c1. The van der Waals surface area contributed by atoms with Crippen LogP contribution in [0.2, 0.25) is 0 Å². The number of thioether (sulfide) groups is 1. The van der Waals surface area contributed by atoms with Gasteiger partial charge in [0.25, 0.3) is 0 Å². The summed E-state index contributed by atoms with van der Waals surface area (Å²) < 4.78 is 5.32. The molecule has 0 saturated carbocycles. The minimum atomic E-state index is -0.857. The van der Waals surface area contributed by atoms with Gasteiger partial charge < -0.3 is 20.3 Å². The Kier molecular flexibility index (Phi) is 9.85. The van der Waals surface area contributed by atoms with Crippen molar-refractivity contribution in [1.82, 2.24) is 10.2 Å². The van der Waals surface area contributed by atoms with E-state index in [1.54, 1.807) is 37.1 Å². The lowest BCUT2D eigenvalue weighted by Crippen LogP contribution is -2.36. The van der Waals surface area contributed by atoms with Gasteiger partial charge in [-0.1, -0.05) is 48.9 Å². The average Bonchev–Trinajstić information content (AvgIpc) is 2.92. The minimum Gasteiger partial charge on any atom is -0.508 e. The smallest absolute Gasteiger partial charge is 0.238 e. The maximum Gasteiger partial charge on any atom is 0.238 e. The molecular weight excluding hydrogens is 486 g/mol. The van der Waals surface area contributed by atoms with Crippen LogP contribution in [0, 0.1) is 0 Å². The van der Waals surface area contributed by atoms with Crippen molar-refractivity contribution in [3.8, 4) is 11.5 Å². The number of phenolic OH excluding ortho intramolecular Hbond substituents is 1. The molecule has 8 heteroatoms. The zero-order valence-corrected chi connectivity index (χ0v) is 22.0. The molecule has 1 aliphatic heterocycles. The van der Waals surface area contributed by atoms with Crippen LogP contribution in [0.5, 0.6) is 11.5 Å². The van der Waals surface area contributed by atoms with Crippen LogP contribution in [0.1, 0.15) is 42.2 Å². The Balaban J connectivity index is 1.33. The molecule has 37 heavy (non-hydrogen) atoms. The number of carbonyl (C=O) groups excluding carboxylic acids is 1. The number of hydrogen-bond donors (Lipinski definition) is 4. The quantitative estimate of drug-likeness (QED) is 0.211. The molecule has 0 radical (unpaired) electrons. The topological polar surface area (TPSA) is 94.1 Å². The number of benzene rings is 3. The van der Waals surface area contributed by atoms with E-state index in [1.165, 1.54) is 6.42 Å². The summed E-state index contributed by atoms with van der Waals surface area (Å²) in [7, 11) is 1.55. The average molecular weight is 522 g/mol. The number of hydrogen-bond acceptors (Lipinski definition) is 7. The summed E-state index contributed by atoms with van der Waals surface area (Å²) in [5.74, 6) is 1.42. The predicted molar refractivity (Wildman–Crippen MR) is 148 cm³/mol. The van der Waals surface area contributed by atoms with E-state index in [4.69, 9.17) is 4.74 Å². The number of piperidine rings is 1. The van der Waals surface area contributed by atoms with Crippen molar-refractivity contribution in [2.75, 3.05) is 32.1 Å². The highest BCUT2D eigenvalue weighted by Gasteiger charge is 2.15. The van der Waals surface area contributed by atoms with Crippen molar-refractivity contribution >= 4 is 23.4 Å². The minimum absolute atomic E-state index is 0.0244. The van der Waals surface area contributed by atoms with Gasteiger partial charge in [-0.05, 0) is 55.3 Å². The summed E-state index contributed by atoms with van der Waals surface area (Å²) in [6.07, 6.45) is 2.71. The van der Waals surface area contributed by atoms with Crippen molar-refractivity contribution in [1.29, 1.82) is 0 Å². The monoisotopic (exact) mass is 521 g/mol. The number of aliphatic hydroxyl groups excluding tert-OH is 1. The number of amides is 1. The molecule has 0 bridgehead atoms. The van der Waals surface area contributed by atoms with E-state index in [0.29, 0.717) is 24.6 Å². The molecule has 0 spiro atoms. The Labute approximate surface area is 222 Å². The lowest BCUT2D eigenvalue weighted by atomic mass is 10.1. The maximum atomic E-state index is 12.6. The zero-order chi connectivity index (χ0) is 26.0. The molecule has 4 rings (SSSR count). The van der Waals surface area contributed by atoms with Gasteiger partial charge in [0.1, 0.15) is 17.7 Å². The molecule has 4 N–H and O–H groups in total. The van der Waals surface area contributed by atoms with E-state index in [1.807, 2.05) is 48.5 Å². The first kappa shape index (κ1) is 27.0. The van der Waals surface area contributed by atoms with Gasteiger partial charge in [-0.2, -0.15) is 0 Å². The van der Waals surface area contributed by atoms with Gasteiger partial charge >= 0.3 is 0 Å². The van der Waals surface area contributed by atoms with Gasteiger partial charge in [-0.3, -0.25) is 15.0 Å². The molecular formula is C29H35N3O4S. The van der Waals surface area contributed by atoms with E-state index < -0.39 is 6.23 Å². The molecule has 1 saturated heterocycles. The molecule has 7 nitrogen and oxygen atoms in total. The third-order valence-corrected chi connectivity index (χ3v) is 7.54. The maximum absolute atomic E-state index is 12.6. The number of para-hydroxylation sites is 1. The van der Waals surface area contributed by atoms with Gasteiger partial charge in [0.15, 0.2) is 0 Å². The standard InChI is InChI=1S/C29H35N3O4S/c1-36-26-17-24(33)13-12-23(26)18-30-29(35)22-9-7-8-21(16-22)20-37-27-11-4-3-10-25(27)31-28(34)19-32-14-5-2-6-15-32/h3-4,7-13,16-17,29-30,33,35H,2,5-6,14-15,18-20H2,1H3,(H,31,34). The fourth-order valence-electron chi connectivity index (χ4n) is 4.42. The van der Waals surface area contributed by atoms with Crippen LogP contribution in [-0.2, 0) is 17.1 Å². The van der Waals surface area contributed by atoms with Crippen LogP contribution in [-0.4, -0.2) is 47.8 Å². The molecule has 3 aromatic rings. The van der Waals surface area contributed by atoms with Crippen LogP contribution in [0.15, 0.2) is 71.6 Å². The van der Waals surface area contributed by atoms with E-state index in [-0.39, 0.29) is 11.7 Å². The number of ether oxygens (including phenoxy) is 1. The van der Waals surface area contributed by atoms with Crippen LogP contribution in [0.25, 0.3) is 0 Å². The van der Waals surface area contributed by atoms with Gasteiger partial charge in [-0.15, -0.1) is 11.8 Å². The van der Waals surface area contributed by atoms with Crippen LogP contribution >= 0.6 is 11.8 Å². The van der Waals surface area contributed by atoms with E-state index in [0.717, 1.165) is 53.2 Å². The van der Waals surface area contributed by atoms with E-state index >= 15 is 0 Å². The number of carbonyl (C=O) groups is 1. The second kappa shape index (κ2) is 13.5. The number of anilines is 1. The number of phenols is 1. The molecule has 3 aromatic carbocycles. The third kappa shape index (κ3) is 7.97. The molecule has 0 aliphatic carbocycles. The summed E-state index contributed by atoms with van der Waals surface area (Å²) in [6, 6.07) is 20.6. The zero-order valence-electron chi connectivity index (χ0n) is 21.2. The summed E-state index contributed by atoms with van der Waals surface area (Å²) in [5.41, 5.74) is 3.50. The molecule has 1 fully saturated rings. The Bertz CT molecular complexity index is 1180. The summed E-state index contributed by atoms with van der Waals surface area (Å²) in [4.78, 5) is 15.9. The fourth-order valence-corrected chi connectivity index (χ4v) is 5.38. The van der Waals surface area contributed by atoms with Gasteiger partial charge in [0, 0.05) is 28.8 Å². The second-order valence-electron chi connectivity index (χ2n) is 9.19. The molecule has 1 heterocycles. The highest BCUT2D eigenvalue weighted by Crippen LogP contribution is 2.31. The molecule has 1 aliphatic rings. The van der Waals surface area contributed by atoms with Crippen LogP contribution < -0.4 is 15.4 Å². The molecule has 1 unspecified atom stereocenters.